The summed E-state index contributed by atoms with van der Waals surface area (Å²) in [5, 5.41) is 5.18. The number of hydrogen-bond acceptors (Lipinski definition) is 3. The van der Waals surface area contributed by atoms with Crippen molar-refractivity contribution in [3.63, 3.8) is 0 Å². The second-order valence-corrected chi connectivity index (χ2v) is 5.55. The third-order valence-corrected chi connectivity index (χ3v) is 4.36. The lowest BCUT2D eigenvalue weighted by molar-refractivity contribution is 0.190. The van der Waals surface area contributed by atoms with Gasteiger partial charge in [0.2, 0.25) is 0 Å². The SMILES string of the molecule is Cc1nn(C)c(CN(CCN)C2CCCC2)c1Cl. The molecule has 5 heteroatoms. The number of aryl methyl sites for hydroxylation is 2. The lowest BCUT2D eigenvalue weighted by Crippen LogP contribution is -2.37. The van der Waals surface area contributed by atoms with E-state index in [0.29, 0.717) is 12.6 Å². The molecule has 1 aromatic heterocycles. The van der Waals surface area contributed by atoms with Gasteiger partial charge >= 0.3 is 0 Å². The largest absolute Gasteiger partial charge is 0.329 e. The second kappa shape index (κ2) is 6.04. The van der Waals surface area contributed by atoms with Crippen LogP contribution in [0.15, 0.2) is 0 Å². The van der Waals surface area contributed by atoms with Crippen molar-refractivity contribution in [2.75, 3.05) is 13.1 Å². The topological polar surface area (TPSA) is 47.1 Å². The number of hydrogen-bond donors (Lipinski definition) is 1. The number of halogens is 1. The predicted molar refractivity (Wildman–Crippen MR) is 74.7 cm³/mol. The second-order valence-electron chi connectivity index (χ2n) is 5.17. The third kappa shape index (κ3) is 2.87. The molecule has 0 spiro atoms. The monoisotopic (exact) mass is 270 g/mol. The third-order valence-electron chi connectivity index (χ3n) is 3.87. The van der Waals surface area contributed by atoms with Gasteiger partial charge in [-0.15, -0.1) is 0 Å². The Hall–Kier alpha value is -0.580. The fourth-order valence-electron chi connectivity index (χ4n) is 2.87. The molecule has 4 nitrogen and oxygen atoms in total. The summed E-state index contributed by atoms with van der Waals surface area (Å²) >= 11 is 6.32. The van der Waals surface area contributed by atoms with Gasteiger partial charge in [0.05, 0.1) is 16.4 Å². The predicted octanol–water partition coefficient (Wildman–Crippen LogP) is 2.09. The first-order valence-corrected chi connectivity index (χ1v) is 7.13. The van der Waals surface area contributed by atoms with Gasteiger partial charge in [0.1, 0.15) is 0 Å². The normalized spacial score (nSPS) is 16.9. The summed E-state index contributed by atoms with van der Waals surface area (Å²) in [6, 6.07) is 0.667. The molecule has 18 heavy (non-hydrogen) atoms. The van der Waals surface area contributed by atoms with Gasteiger partial charge in [0.25, 0.3) is 0 Å². The zero-order valence-corrected chi connectivity index (χ0v) is 12.1. The highest BCUT2D eigenvalue weighted by atomic mass is 35.5. The Morgan fingerprint density at radius 3 is 2.61 bits per heavy atom. The molecule has 102 valence electrons. The van der Waals surface area contributed by atoms with Gasteiger partial charge in [0.15, 0.2) is 0 Å². The van der Waals surface area contributed by atoms with Crippen LogP contribution in [0.5, 0.6) is 0 Å². The quantitative estimate of drug-likeness (QED) is 0.891. The van der Waals surface area contributed by atoms with Crippen molar-refractivity contribution in [2.24, 2.45) is 12.8 Å². The molecule has 2 N–H and O–H groups in total. The van der Waals surface area contributed by atoms with Gasteiger partial charge < -0.3 is 5.73 Å². The molecule has 0 atom stereocenters. The summed E-state index contributed by atoms with van der Waals surface area (Å²) in [7, 11) is 1.96. The summed E-state index contributed by atoms with van der Waals surface area (Å²) in [4.78, 5) is 2.47. The highest BCUT2D eigenvalue weighted by molar-refractivity contribution is 6.31. The minimum atomic E-state index is 0.667. The van der Waals surface area contributed by atoms with Crippen molar-refractivity contribution >= 4 is 11.6 Å². The first kappa shape index (κ1) is 13.8. The maximum atomic E-state index is 6.32. The molecule has 1 aliphatic carbocycles. The Balaban J connectivity index is 2.12. The number of rotatable bonds is 5. The maximum Gasteiger partial charge on any atom is 0.0860 e. The number of nitrogens with zero attached hydrogens (tertiary/aromatic N) is 3. The Morgan fingerprint density at radius 1 is 1.44 bits per heavy atom. The molecule has 0 aromatic carbocycles. The van der Waals surface area contributed by atoms with Crippen LogP contribution in [0.4, 0.5) is 0 Å². The van der Waals surface area contributed by atoms with Crippen LogP contribution >= 0.6 is 11.6 Å². The van der Waals surface area contributed by atoms with E-state index in [0.717, 1.165) is 29.5 Å². The van der Waals surface area contributed by atoms with Crippen LogP contribution in [0.1, 0.15) is 37.1 Å². The summed E-state index contributed by atoms with van der Waals surface area (Å²) in [5.74, 6) is 0. The van der Waals surface area contributed by atoms with Gasteiger partial charge in [-0.2, -0.15) is 5.10 Å². The van der Waals surface area contributed by atoms with Crippen LogP contribution in [0, 0.1) is 6.92 Å². The lowest BCUT2D eigenvalue weighted by atomic mass is 10.2. The molecule has 0 radical (unpaired) electrons. The zero-order valence-electron chi connectivity index (χ0n) is 11.3. The van der Waals surface area contributed by atoms with Crippen LogP contribution in [0.3, 0.4) is 0 Å². The first-order chi connectivity index (χ1) is 8.63. The van der Waals surface area contributed by atoms with Gasteiger partial charge in [0, 0.05) is 32.7 Å². The lowest BCUT2D eigenvalue weighted by Gasteiger charge is -2.28. The minimum Gasteiger partial charge on any atom is -0.329 e. The molecule has 2 rings (SSSR count). The molecule has 0 aliphatic heterocycles. The molecule has 1 aliphatic rings. The molecule has 0 saturated heterocycles. The average molecular weight is 271 g/mol. The number of nitrogens with two attached hydrogens (primary N) is 1. The fraction of sp³-hybridized carbons (Fsp3) is 0.769. The van der Waals surface area contributed by atoms with Crippen molar-refractivity contribution in [2.45, 2.75) is 45.2 Å². The van der Waals surface area contributed by atoms with Crippen LogP contribution in [0.2, 0.25) is 5.02 Å². The Kier molecular flexibility index (Phi) is 4.65. The van der Waals surface area contributed by atoms with Gasteiger partial charge in [-0.3, -0.25) is 9.58 Å². The first-order valence-electron chi connectivity index (χ1n) is 6.75. The van der Waals surface area contributed by atoms with Crippen molar-refractivity contribution in [3.8, 4) is 0 Å². The summed E-state index contributed by atoms with van der Waals surface area (Å²) in [6.45, 7) is 4.45. The molecular formula is C13H23ClN4. The van der Waals surface area contributed by atoms with Gasteiger partial charge in [-0.05, 0) is 19.8 Å². The fourth-order valence-corrected chi connectivity index (χ4v) is 3.09. The Bertz CT molecular complexity index is 396. The van der Waals surface area contributed by atoms with E-state index in [9.17, 15) is 0 Å². The van der Waals surface area contributed by atoms with E-state index in [2.05, 4.69) is 10.00 Å². The molecule has 0 bridgehead atoms. The highest BCUT2D eigenvalue weighted by Crippen LogP contribution is 2.27. The molecule has 0 amide bonds. The van der Waals surface area contributed by atoms with Crippen LogP contribution in [-0.2, 0) is 13.6 Å². The van der Waals surface area contributed by atoms with Crippen molar-refractivity contribution in [1.29, 1.82) is 0 Å². The van der Waals surface area contributed by atoms with Crippen molar-refractivity contribution < 1.29 is 0 Å². The van der Waals surface area contributed by atoms with E-state index in [1.54, 1.807) is 0 Å². The van der Waals surface area contributed by atoms with Crippen LogP contribution in [0.25, 0.3) is 0 Å². The summed E-state index contributed by atoms with van der Waals surface area (Å²) < 4.78 is 1.90. The standard InChI is InChI=1S/C13H23ClN4/c1-10-13(14)12(17(2)16-10)9-18(8-7-15)11-5-3-4-6-11/h11H,3-9,15H2,1-2H3. The summed E-state index contributed by atoms with van der Waals surface area (Å²) in [5.41, 5.74) is 7.75. The van der Waals surface area contributed by atoms with E-state index in [-0.39, 0.29) is 0 Å². The molecule has 1 saturated carbocycles. The van der Waals surface area contributed by atoms with Crippen molar-refractivity contribution in [1.82, 2.24) is 14.7 Å². The molecule has 0 unspecified atom stereocenters. The molecular weight excluding hydrogens is 248 g/mol. The van der Waals surface area contributed by atoms with Crippen LogP contribution in [-0.4, -0.2) is 33.8 Å². The molecule has 1 heterocycles. The summed E-state index contributed by atoms with van der Waals surface area (Å²) in [6.07, 6.45) is 5.25. The Morgan fingerprint density at radius 2 is 2.11 bits per heavy atom. The molecule has 1 fully saturated rings. The van der Waals surface area contributed by atoms with Crippen LogP contribution < -0.4 is 5.73 Å². The van der Waals surface area contributed by atoms with E-state index >= 15 is 0 Å². The van der Waals surface area contributed by atoms with E-state index < -0.39 is 0 Å². The van der Waals surface area contributed by atoms with E-state index in [1.165, 1.54) is 25.7 Å². The van der Waals surface area contributed by atoms with Gasteiger partial charge in [-0.25, -0.2) is 0 Å². The average Bonchev–Trinajstić information content (AvgIpc) is 2.93. The highest BCUT2D eigenvalue weighted by Gasteiger charge is 2.24. The van der Waals surface area contributed by atoms with Gasteiger partial charge in [-0.1, -0.05) is 24.4 Å². The Labute approximate surface area is 114 Å². The minimum absolute atomic E-state index is 0.667. The maximum absolute atomic E-state index is 6.32. The van der Waals surface area contributed by atoms with Crippen molar-refractivity contribution in [3.05, 3.63) is 16.4 Å². The smallest absolute Gasteiger partial charge is 0.0860 e. The van der Waals surface area contributed by atoms with E-state index in [4.69, 9.17) is 17.3 Å². The molecule has 1 aromatic rings. The zero-order chi connectivity index (χ0) is 13.1. The van der Waals surface area contributed by atoms with E-state index in [1.807, 2.05) is 18.7 Å². The number of aromatic nitrogens is 2.